The Bertz CT molecular complexity index is 1160. The maximum absolute atomic E-state index is 13.2. The summed E-state index contributed by atoms with van der Waals surface area (Å²) in [5, 5.41) is 2.57. The lowest BCUT2D eigenvalue weighted by molar-refractivity contribution is -0.128. The fourth-order valence-electron chi connectivity index (χ4n) is 3.39. The van der Waals surface area contributed by atoms with Gasteiger partial charge in [0.15, 0.2) is 16.6 Å². The van der Waals surface area contributed by atoms with Crippen LogP contribution in [0.5, 0.6) is 11.5 Å². The topological polar surface area (TPSA) is 67.9 Å². The molecule has 0 spiro atoms. The maximum atomic E-state index is 13.2. The van der Waals surface area contributed by atoms with Gasteiger partial charge < -0.3 is 9.47 Å². The first-order chi connectivity index (χ1) is 16.4. The lowest BCUT2D eigenvalue weighted by Gasteiger charge is -2.27. The van der Waals surface area contributed by atoms with Crippen molar-refractivity contribution in [3.63, 3.8) is 0 Å². The molecule has 0 aliphatic carbocycles. The van der Waals surface area contributed by atoms with Crippen molar-refractivity contribution in [1.82, 2.24) is 10.2 Å². The Hall–Kier alpha value is -3.78. The van der Waals surface area contributed by atoms with Crippen LogP contribution in [0.2, 0.25) is 0 Å². The van der Waals surface area contributed by atoms with Gasteiger partial charge in [-0.05, 0) is 67.0 Å². The number of carbonyl (C=O) groups is 2. The molecule has 2 amide bonds. The highest BCUT2D eigenvalue weighted by molar-refractivity contribution is 7.80. The average molecular weight is 481 g/mol. The van der Waals surface area contributed by atoms with Crippen LogP contribution in [0.15, 0.2) is 67.3 Å². The van der Waals surface area contributed by atoms with Crippen molar-refractivity contribution < 1.29 is 23.5 Å². The lowest BCUT2D eigenvalue weighted by Crippen LogP contribution is -2.53. The first-order valence-corrected chi connectivity index (χ1v) is 11.1. The van der Waals surface area contributed by atoms with E-state index in [-0.39, 0.29) is 29.7 Å². The number of benzene rings is 2. The summed E-state index contributed by atoms with van der Waals surface area (Å²) in [5.74, 6) is -0.430. The van der Waals surface area contributed by atoms with Crippen LogP contribution in [0.3, 0.4) is 0 Å². The molecule has 0 saturated carbocycles. The van der Waals surface area contributed by atoms with E-state index in [1.807, 2.05) is 13.0 Å². The maximum Gasteiger partial charge on any atom is 0.265 e. The Labute approximate surface area is 203 Å². The molecular weight excluding hydrogens is 455 g/mol. The van der Waals surface area contributed by atoms with Crippen molar-refractivity contribution in [2.45, 2.75) is 20.0 Å². The van der Waals surface area contributed by atoms with Gasteiger partial charge in [-0.25, -0.2) is 4.39 Å². The summed E-state index contributed by atoms with van der Waals surface area (Å²) in [6.45, 7) is 10.0. The number of rotatable bonds is 10. The van der Waals surface area contributed by atoms with Gasteiger partial charge in [-0.1, -0.05) is 24.3 Å². The number of thiocarbonyl (C=S) groups is 1. The molecule has 0 aromatic heterocycles. The summed E-state index contributed by atoms with van der Waals surface area (Å²) in [6, 6.07) is 9.55. The summed E-state index contributed by atoms with van der Waals surface area (Å²) in [5.41, 5.74) is 2.08. The molecule has 1 heterocycles. The Balaban J connectivity index is 1.99. The minimum absolute atomic E-state index is 0.0407. The summed E-state index contributed by atoms with van der Waals surface area (Å²) in [4.78, 5) is 26.6. The Kier molecular flexibility index (Phi) is 8.32. The van der Waals surface area contributed by atoms with Crippen LogP contribution in [0, 0.1) is 5.82 Å². The average Bonchev–Trinajstić information content (AvgIpc) is 2.80. The third-order valence-corrected chi connectivity index (χ3v) is 5.25. The van der Waals surface area contributed by atoms with Crippen LogP contribution in [-0.4, -0.2) is 35.0 Å². The molecule has 6 nitrogen and oxygen atoms in total. The highest BCUT2D eigenvalue weighted by Gasteiger charge is 2.32. The second-order valence-electron chi connectivity index (χ2n) is 7.37. The molecule has 0 atom stereocenters. The molecule has 2 aromatic rings. The number of ether oxygens (including phenoxy) is 2. The van der Waals surface area contributed by atoms with Gasteiger partial charge in [0.1, 0.15) is 18.0 Å². The van der Waals surface area contributed by atoms with Crippen LogP contribution in [0.25, 0.3) is 6.08 Å². The Morgan fingerprint density at radius 3 is 2.50 bits per heavy atom. The van der Waals surface area contributed by atoms with Crippen LogP contribution in [0.1, 0.15) is 23.6 Å². The zero-order valence-corrected chi connectivity index (χ0v) is 19.6. The number of halogens is 1. The van der Waals surface area contributed by atoms with E-state index >= 15 is 0 Å². The summed E-state index contributed by atoms with van der Waals surface area (Å²) in [6.07, 6.45) is 5.20. The second-order valence-corrected chi connectivity index (χ2v) is 7.76. The fourth-order valence-corrected chi connectivity index (χ4v) is 3.64. The van der Waals surface area contributed by atoms with E-state index in [0.717, 1.165) is 11.1 Å². The molecule has 1 aliphatic rings. The van der Waals surface area contributed by atoms with Crippen molar-refractivity contribution in [3.8, 4) is 11.5 Å². The van der Waals surface area contributed by atoms with E-state index in [1.54, 1.807) is 24.3 Å². The number of nitrogens with zero attached hydrogens (tertiary/aromatic N) is 1. The van der Waals surface area contributed by atoms with Crippen molar-refractivity contribution in [2.24, 2.45) is 0 Å². The zero-order valence-electron chi connectivity index (χ0n) is 18.8. The number of allylic oxidation sites excluding steroid dienone is 1. The molecule has 2 aromatic carbocycles. The first kappa shape index (κ1) is 24.9. The van der Waals surface area contributed by atoms with E-state index in [1.165, 1.54) is 29.2 Å². The molecule has 1 N–H and O–H groups in total. The highest BCUT2D eigenvalue weighted by Crippen LogP contribution is 2.35. The minimum Gasteiger partial charge on any atom is -0.490 e. The van der Waals surface area contributed by atoms with E-state index in [9.17, 15) is 14.0 Å². The predicted molar refractivity (Wildman–Crippen MR) is 133 cm³/mol. The smallest absolute Gasteiger partial charge is 0.265 e. The molecule has 0 unspecified atom stereocenters. The molecule has 1 fully saturated rings. The van der Waals surface area contributed by atoms with Gasteiger partial charge in [0, 0.05) is 12.1 Å². The van der Waals surface area contributed by atoms with Crippen LogP contribution < -0.4 is 14.8 Å². The normalized spacial score (nSPS) is 14.7. The number of amides is 2. The fraction of sp³-hybridized carbons (Fsp3) is 0.192. The molecule has 1 saturated heterocycles. The molecule has 0 bridgehead atoms. The monoisotopic (exact) mass is 480 g/mol. The molecule has 1 aliphatic heterocycles. The quantitative estimate of drug-likeness (QED) is 0.237. The van der Waals surface area contributed by atoms with E-state index in [0.29, 0.717) is 30.1 Å². The van der Waals surface area contributed by atoms with Crippen LogP contribution in [0.4, 0.5) is 4.39 Å². The largest absolute Gasteiger partial charge is 0.490 e. The van der Waals surface area contributed by atoms with Crippen LogP contribution in [-0.2, 0) is 22.6 Å². The predicted octanol–water partition coefficient (Wildman–Crippen LogP) is 4.34. The molecule has 176 valence electrons. The van der Waals surface area contributed by atoms with Crippen molar-refractivity contribution in [2.75, 3.05) is 13.2 Å². The van der Waals surface area contributed by atoms with E-state index in [4.69, 9.17) is 21.7 Å². The van der Waals surface area contributed by atoms with E-state index in [2.05, 4.69) is 18.5 Å². The van der Waals surface area contributed by atoms with Gasteiger partial charge in [0.25, 0.3) is 11.8 Å². The van der Waals surface area contributed by atoms with Crippen molar-refractivity contribution in [3.05, 3.63) is 89.8 Å². The van der Waals surface area contributed by atoms with Gasteiger partial charge >= 0.3 is 0 Å². The van der Waals surface area contributed by atoms with Gasteiger partial charge in [-0.3, -0.25) is 19.8 Å². The molecular formula is C26H25FN2O4S. The molecule has 3 rings (SSSR count). The number of carbonyl (C=O) groups excluding carboxylic acids is 2. The Morgan fingerprint density at radius 1 is 1.12 bits per heavy atom. The SMILES string of the molecule is C=CCc1cc(/C=C2\C(=O)NC(=S)N(CC=C)C2=O)cc(OCC)c1OCc1ccc(F)cc1. The van der Waals surface area contributed by atoms with E-state index < -0.39 is 11.8 Å². The number of hydrogen-bond donors (Lipinski definition) is 1. The zero-order chi connectivity index (χ0) is 24.7. The van der Waals surface area contributed by atoms with Gasteiger partial charge in [-0.15, -0.1) is 13.2 Å². The minimum atomic E-state index is -0.574. The summed E-state index contributed by atoms with van der Waals surface area (Å²) >= 11 is 5.10. The van der Waals surface area contributed by atoms with Gasteiger partial charge in [-0.2, -0.15) is 0 Å². The van der Waals surface area contributed by atoms with Gasteiger partial charge in [0.2, 0.25) is 0 Å². The summed E-state index contributed by atoms with van der Waals surface area (Å²) < 4.78 is 25.1. The van der Waals surface area contributed by atoms with Gasteiger partial charge in [0.05, 0.1) is 6.61 Å². The number of nitrogens with one attached hydrogen (secondary N) is 1. The molecule has 8 heteroatoms. The summed E-state index contributed by atoms with van der Waals surface area (Å²) in [7, 11) is 0. The first-order valence-electron chi connectivity index (χ1n) is 10.7. The molecule has 0 radical (unpaired) electrons. The highest BCUT2D eigenvalue weighted by atomic mass is 32.1. The van der Waals surface area contributed by atoms with Crippen molar-refractivity contribution in [1.29, 1.82) is 0 Å². The standard InChI is InChI=1S/C26H25FN2O4S/c1-4-7-19-13-18(14-21-24(30)28-26(34)29(12-5-2)25(21)31)15-22(32-6-3)23(19)33-16-17-8-10-20(27)11-9-17/h4-5,8-11,13-15H,1-2,6-7,12,16H2,3H3,(H,28,30,34)/b21-14+. The lowest BCUT2D eigenvalue weighted by atomic mass is 10.0. The third kappa shape index (κ3) is 5.77. The second kappa shape index (κ2) is 11.4. The molecule has 34 heavy (non-hydrogen) atoms. The third-order valence-electron chi connectivity index (χ3n) is 4.92. The number of hydrogen-bond acceptors (Lipinski definition) is 5. The Morgan fingerprint density at radius 2 is 1.85 bits per heavy atom. The van der Waals surface area contributed by atoms with Crippen molar-refractivity contribution >= 4 is 35.2 Å². The van der Waals surface area contributed by atoms with Crippen LogP contribution >= 0.6 is 12.2 Å².